The maximum absolute atomic E-state index is 13.0. The number of para-hydroxylation sites is 1. The first-order valence-corrected chi connectivity index (χ1v) is 9.76. The van der Waals surface area contributed by atoms with E-state index in [1.54, 1.807) is 13.0 Å². The Morgan fingerprint density at radius 3 is 2.50 bits per heavy atom. The van der Waals surface area contributed by atoms with Gasteiger partial charge in [0, 0.05) is 22.7 Å². The molecule has 0 fully saturated rings. The minimum absolute atomic E-state index is 0.318. The van der Waals surface area contributed by atoms with Crippen molar-refractivity contribution in [3.63, 3.8) is 0 Å². The molecule has 0 saturated heterocycles. The molecule has 1 atom stereocenters. The predicted octanol–water partition coefficient (Wildman–Crippen LogP) is 4.28. The van der Waals surface area contributed by atoms with Gasteiger partial charge in [0.1, 0.15) is 6.04 Å². The van der Waals surface area contributed by atoms with Crippen LogP contribution < -0.4 is 10.9 Å². The number of fused-ring (bicyclic) bond motifs is 1. The van der Waals surface area contributed by atoms with Crippen molar-refractivity contribution in [2.75, 3.05) is 5.32 Å². The number of aryl methyl sites for hydroxylation is 2. The third-order valence-electron chi connectivity index (χ3n) is 5.02. The van der Waals surface area contributed by atoms with E-state index < -0.39 is 6.04 Å². The molecular weight excluding hydrogens is 376 g/mol. The Labute approximate surface area is 174 Å². The summed E-state index contributed by atoms with van der Waals surface area (Å²) in [5, 5.41) is 8.23. The molecule has 2 aromatic heterocycles. The van der Waals surface area contributed by atoms with Crippen molar-refractivity contribution < 1.29 is 4.79 Å². The summed E-state index contributed by atoms with van der Waals surface area (Å²) < 4.78 is 1.22. The Bertz CT molecular complexity index is 1290. The molecule has 2 heterocycles. The number of benzene rings is 2. The van der Waals surface area contributed by atoms with Gasteiger partial charge in [0.05, 0.1) is 16.9 Å². The molecule has 0 spiro atoms. The lowest BCUT2D eigenvalue weighted by molar-refractivity contribution is -0.119. The molecule has 0 aliphatic carbocycles. The molecular formula is C24H22N4O2. The molecule has 30 heavy (non-hydrogen) atoms. The second-order valence-corrected chi connectivity index (χ2v) is 7.36. The topological polar surface area (TPSA) is 76.9 Å². The van der Waals surface area contributed by atoms with E-state index in [-0.39, 0.29) is 11.5 Å². The fourth-order valence-electron chi connectivity index (χ4n) is 3.34. The number of nitrogens with zero attached hydrogens (tertiary/aromatic N) is 3. The Morgan fingerprint density at radius 2 is 1.73 bits per heavy atom. The van der Waals surface area contributed by atoms with Crippen LogP contribution in [0.25, 0.3) is 22.2 Å². The monoisotopic (exact) mass is 398 g/mol. The number of hydrogen-bond donors (Lipinski definition) is 1. The van der Waals surface area contributed by atoms with Gasteiger partial charge in [-0.15, -0.1) is 0 Å². The molecule has 0 aliphatic rings. The smallest absolute Gasteiger partial charge is 0.267 e. The quantitative estimate of drug-likeness (QED) is 0.557. The third kappa shape index (κ3) is 3.85. The fraction of sp³-hybridized carbons (Fsp3) is 0.167. The average molecular weight is 398 g/mol. The van der Waals surface area contributed by atoms with Gasteiger partial charge < -0.3 is 5.32 Å². The van der Waals surface area contributed by atoms with E-state index in [0.717, 1.165) is 27.7 Å². The van der Waals surface area contributed by atoms with Crippen LogP contribution in [0.5, 0.6) is 0 Å². The Morgan fingerprint density at radius 1 is 1.00 bits per heavy atom. The molecule has 4 rings (SSSR count). The molecule has 4 aromatic rings. The van der Waals surface area contributed by atoms with E-state index in [2.05, 4.69) is 15.4 Å². The van der Waals surface area contributed by atoms with Gasteiger partial charge in [-0.05, 0) is 39.0 Å². The van der Waals surface area contributed by atoms with Crippen LogP contribution in [0.15, 0.2) is 71.5 Å². The average Bonchev–Trinajstić information content (AvgIpc) is 2.74. The summed E-state index contributed by atoms with van der Waals surface area (Å²) in [7, 11) is 0. The Hall–Kier alpha value is -3.80. The van der Waals surface area contributed by atoms with Gasteiger partial charge in [-0.3, -0.25) is 14.6 Å². The van der Waals surface area contributed by atoms with Crippen molar-refractivity contribution in [2.45, 2.75) is 26.8 Å². The van der Waals surface area contributed by atoms with Crippen molar-refractivity contribution in [2.24, 2.45) is 0 Å². The van der Waals surface area contributed by atoms with Crippen molar-refractivity contribution in [3.8, 4) is 11.3 Å². The predicted molar refractivity (Wildman–Crippen MR) is 118 cm³/mol. The number of pyridine rings is 1. The van der Waals surface area contributed by atoms with Crippen LogP contribution in [0, 0.1) is 13.8 Å². The van der Waals surface area contributed by atoms with Gasteiger partial charge in [-0.25, -0.2) is 4.68 Å². The van der Waals surface area contributed by atoms with E-state index >= 15 is 0 Å². The number of aromatic nitrogens is 3. The molecule has 6 nitrogen and oxygen atoms in total. The van der Waals surface area contributed by atoms with Gasteiger partial charge in [0.2, 0.25) is 5.91 Å². The largest absolute Gasteiger partial charge is 0.324 e. The number of amides is 1. The van der Waals surface area contributed by atoms with Crippen LogP contribution in [0.4, 0.5) is 5.69 Å². The number of carbonyl (C=O) groups excluding carboxylic acids is 1. The highest BCUT2D eigenvalue weighted by molar-refractivity contribution is 6.02. The maximum Gasteiger partial charge on any atom is 0.267 e. The molecule has 0 aliphatic heterocycles. The second-order valence-electron chi connectivity index (χ2n) is 7.36. The molecule has 0 saturated carbocycles. The highest BCUT2D eigenvalue weighted by Gasteiger charge is 2.19. The lowest BCUT2D eigenvalue weighted by Gasteiger charge is -2.16. The third-order valence-corrected chi connectivity index (χ3v) is 5.02. The van der Waals surface area contributed by atoms with Gasteiger partial charge in [0.15, 0.2) is 0 Å². The van der Waals surface area contributed by atoms with E-state index in [0.29, 0.717) is 11.4 Å². The first-order valence-electron chi connectivity index (χ1n) is 9.76. The minimum Gasteiger partial charge on any atom is -0.324 e. The van der Waals surface area contributed by atoms with E-state index in [1.807, 2.05) is 68.4 Å². The lowest BCUT2D eigenvalue weighted by Crippen LogP contribution is -2.33. The molecule has 0 bridgehead atoms. The van der Waals surface area contributed by atoms with E-state index in [4.69, 9.17) is 0 Å². The van der Waals surface area contributed by atoms with Gasteiger partial charge in [0.25, 0.3) is 5.56 Å². The fourth-order valence-corrected chi connectivity index (χ4v) is 3.34. The molecule has 1 amide bonds. The summed E-state index contributed by atoms with van der Waals surface area (Å²) in [4.78, 5) is 29.9. The molecule has 2 aromatic carbocycles. The number of nitrogens with one attached hydrogen (secondary N) is 1. The van der Waals surface area contributed by atoms with E-state index in [9.17, 15) is 9.59 Å². The second kappa shape index (κ2) is 7.91. The summed E-state index contributed by atoms with van der Waals surface area (Å²) in [5.74, 6) is -0.318. The van der Waals surface area contributed by atoms with Gasteiger partial charge in [-0.2, -0.15) is 5.10 Å². The summed E-state index contributed by atoms with van der Waals surface area (Å²) in [6.45, 7) is 5.55. The summed E-state index contributed by atoms with van der Waals surface area (Å²) in [6.07, 6.45) is 0. The van der Waals surface area contributed by atoms with Crippen molar-refractivity contribution in [3.05, 3.63) is 88.3 Å². The van der Waals surface area contributed by atoms with Crippen LogP contribution in [0.2, 0.25) is 0 Å². The molecule has 1 unspecified atom stereocenters. The standard InChI is InChI=1S/C24H22N4O2/c1-15-8-10-18(11-9-15)20-12-13-23(29)28(27-20)17(3)24(30)26-22-14-16(2)25-21-7-5-4-6-19(21)22/h4-14,17H,1-3H3,(H,25,26,30). The highest BCUT2D eigenvalue weighted by Crippen LogP contribution is 2.24. The Balaban J connectivity index is 1.66. The van der Waals surface area contributed by atoms with Crippen LogP contribution in [0.1, 0.15) is 24.2 Å². The number of hydrogen-bond acceptors (Lipinski definition) is 4. The molecule has 0 radical (unpaired) electrons. The van der Waals surface area contributed by atoms with Crippen LogP contribution >= 0.6 is 0 Å². The first-order chi connectivity index (χ1) is 14.4. The number of anilines is 1. The van der Waals surface area contributed by atoms with Crippen LogP contribution in [0.3, 0.4) is 0 Å². The minimum atomic E-state index is -0.782. The van der Waals surface area contributed by atoms with Crippen LogP contribution in [-0.4, -0.2) is 20.7 Å². The van der Waals surface area contributed by atoms with Crippen molar-refractivity contribution >= 4 is 22.5 Å². The van der Waals surface area contributed by atoms with Crippen molar-refractivity contribution in [1.82, 2.24) is 14.8 Å². The SMILES string of the molecule is Cc1ccc(-c2ccc(=O)n(C(C)C(=O)Nc3cc(C)nc4ccccc34)n2)cc1. The van der Waals surface area contributed by atoms with Crippen molar-refractivity contribution in [1.29, 1.82) is 0 Å². The van der Waals surface area contributed by atoms with Gasteiger partial charge in [-0.1, -0.05) is 48.0 Å². The summed E-state index contributed by atoms with van der Waals surface area (Å²) in [5.41, 5.74) is 4.60. The zero-order valence-electron chi connectivity index (χ0n) is 17.1. The number of rotatable bonds is 4. The lowest BCUT2D eigenvalue weighted by atomic mass is 10.1. The molecule has 6 heteroatoms. The number of carbonyl (C=O) groups is 1. The first kappa shape index (κ1) is 19.5. The summed E-state index contributed by atoms with van der Waals surface area (Å²) >= 11 is 0. The maximum atomic E-state index is 13.0. The molecule has 150 valence electrons. The zero-order valence-corrected chi connectivity index (χ0v) is 17.1. The van der Waals surface area contributed by atoms with Gasteiger partial charge >= 0.3 is 0 Å². The molecule has 1 N–H and O–H groups in total. The van der Waals surface area contributed by atoms with E-state index in [1.165, 1.54) is 10.7 Å². The highest BCUT2D eigenvalue weighted by atomic mass is 16.2. The Kier molecular flexibility index (Phi) is 5.14. The van der Waals surface area contributed by atoms with Crippen LogP contribution in [-0.2, 0) is 4.79 Å². The summed E-state index contributed by atoms with van der Waals surface area (Å²) in [6, 6.07) is 19.6. The zero-order chi connectivity index (χ0) is 21.3. The normalized spacial score (nSPS) is 12.0.